The molecule has 1 aromatic carbocycles. The minimum Gasteiger partial charge on any atom is -0.490 e. The van der Waals surface area contributed by atoms with Gasteiger partial charge in [-0.15, -0.1) is 0 Å². The first kappa shape index (κ1) is 14.2. The molecular formula is C15H21N3O2. The molecule has 0 spiro atoms. The molecule has 1 heterocycles. The SMILES string of the molecule is CCCOc1ccccc1OCCCn1ccc(N)n1. The summed E-state index contributed by atoms with van der Waals surface area (Å²) in [7, 11) is 0. The van der Waals surface area contributed by atoms with Crippen LogP contribution in [0, 0.1) is 0 Å². The van der Waals surface area contributed by atoms with Crippen LogP contribution in [0.2, 0.25) is 0 Å². The number of anilines is 1. The monoisotopic (exact) mass is 275 g/mol. The molecule has 2 aromatic rings. The number of nitrogens with zero attached hydrogens (tertiary/aromatic N) is 2. The van der Waals surface area contributed by atoms with Gasteiger partial charge in [0.1, 0.15) is 5.82 Å². The van der Waals surface area contributed by atoms with Crippen LogP contribution in [-0.2, 0) is 6.54 Å². The lowest BCUT2D eigenvalue weighted by Crippen LogP contribution is -2.06. The minimum atomic E-state index is 0.546. The van der Waals surface area contributed by atoms with Crippen molar-refractivity contribution < 1.29 is 9.47 Å². The smallest absolute Gasteiger partial charge is 0.161 e. The fourth-order valence-corrected chi connectivity index (χ4v) is 1.81. The third-order valence-corrected chi connectivity index (χ3v) is 2.76. The van der Waals surface area contributed by atoms with E-state index in [1.807, 2.05) is 35.1 Å². The van der Waals surface area contributed by atoms with Crippen LogP contribution in [0.15, 0.2) is 36.5 Å². The lowest BCUT2D eigenvalue weighted by molar-refractivity contribution is 0.260. The fourth-order valence-electron chi connectivity index (χ4n) is 1.81. The molecule has 0 aliphatic carbocycles. The Labute approximate surface area is 119 Å². The summed E-state index contributed by atoms with van der Waals surface area (Å²) in [6, 6.07) is 9.54. The highest BCUT2D eigenvalue weighted by Crippen LogP contribution is 2.26. The lowest BCUT2D eigenvalue weighted by atomic mass is 10.3. The van der Waals surface area contributed by atoms with E-state index in [1.54, 1.807) is 6.07 Å². The second-order valence-electron chi connectivity index (χ2n) is 4.50. The first-order valence-electron chi connectivity index (χ1n) is 6.93. The van der Waals surface area contributed by atoms with Crippen LogP contribution in [0.25, 0.3) is 0 Å². The van der Waals surface area contributed by atoms with Gasteiger partial charge in [-0.05, 0) is 24.6 Å². The van der Waals surface area contributed by atoms with Crippen LogP contribution in [0.1, 0.15) is 19.8 Å². The summed E-state index contributed by atoms with van der Waals surface area (Å²) in [5.74, 6) is 2.14. The van der Waals surface area contributed by atoms with Gasteiger partial charge in [-0.3, -0.25) is 4.68 Å². The molecule has 0 saturated carbocycles. The van der Waals surface area contributed by atoms with Crippen LogP contribution in [0.4, 0.5) is 5.82 Å². The first-order chi connectivity index (χ1) is 9.79. The number of nitrogens with two attached hydrogens (primary N) is 1. The molecule has 2 rings (SSSR count). The van der Waals surface area contributed by atoms with Gasteiger partial charge < -0.3 is 15.2 Å². The van der Waals surface area contributed by atoms with E-state index in [-0.39, 0.29) is 0 Å². The topological polar surface area (TPSA) is 62.3 Å². The van der Waals surface area contributed by atoms with Crippen LogP contribution in [0.3, 0.4) is 0 Å². The molecule has 0 aliphatic heterocycles. The molecule has 1 aromatic heterocycles. The van der Waals surface area contributed by atoms with Gasteiger partial charge in [-0.25, -0.2) is 0 Å². The number of para-hydroxylation sites is 2. The normalized spacial score (nSPS) is 10.4. The molecule has 0 bridgehead atoms. The first-order valence-corrected chi connectivity index (χ1v) is 6.93. The Morgan fingerprint density at radius 2 is 1.80 bits per heavy atom. The van der Waals surface area contributed by atoms with E-state index in [0.717, 1.165) is 30.9 Å². The molecule has 108 valence electrons. The summed E-state index contributed by atoms with van der Waals surface area (Å²) >= 11 is 0. The Morgan fingerprint density at radius 1 is 1.10 bits per heavy atom. The van der Waals surface area contributed by atoms with E-state index in [1.165, 1.54) is 0 Å². The summed E-state index contributed by atoms with van der Waals surface area (Å²) in [6.45, 7) is 4.19. The molecule has 2 N–H and O–H groups in total. The van der Waals surface area contributed by atoms with Gasteiger partial charge >= 0.3 is 0 Å². The predicted molar refractivity (Wildman–Crippen MR) is 79.0 cm³/mol. The number of benzene rings is 1. The Kier molecular flexibility index (Phi) is 5.29. The molecule has 0 unspecified atom stereocenters. The highest BCUT2D eigenvalue weighted by Gasteiger charge is 2.03. The average molecular weight is 275 g/mol. The van der Waals surface area contributed by atoms with E-state index in [0.29, 0.717) is 19.0 Å². The van der Waals surface area contributed by atoms with Gasteiger partial charge in [0.05, 0.1) is 13.2 Å². The lowest BCUT2D eigenvalue weighted by Gasteiger charge is -2.12. The Hall–Kier alpha value is -2.17. The van der Waals surface area contributed by atoms with Crippen molar-refractivity contribution in [1.29, 1.82) is 0 Å². The number of nitrogen functional groups attached to an aromatic ring is 1. The van der Waals surface area contributed by atoms with Crippen molar-refractivity contribution in [3.8, 4) is 11.5 Å². The van der Waals surface area contributed by atoms with E-state index < -0.39 is 0 Å². The fraction of sp³-hybridized carbons (Fsp3) is 0.400. The summed E-state index contributed by atoms with van der Waals surface area (Å²) in [6.07, 6.45) is 3.71. The van der Waals surface area contributed by atoms with Crippen molar-refractivity contribution in [1.82, 2.24) is 9.78 Å². The standard InChI is InChI=1S/C15H21N3O2/c1-2-11-19-13-6-3-4-7-14(13)20-12-5-9-18-10-8-15(16)17-18/h3-4,6-8,10H,2,5,9,11-12H2,1H3,(H2,16,17). The predicted octanol–water partition coefficient (Wildman–Crippen LogP) is 2.72. The van der Waals surface area contributed by atoms with Crippen molar-refractivity contribution in [3.63, 3.8) is 0 Å². The highest BCUT2D eigenvalue weighted by molar-refractivity contribution is 5.39. The number of aryl methyl sites for hydroxylation is 1. The summed E-state index contributed by atoms with van der Waals surface area (Å²) in [4.78, 5) is 0. The third-order valence-electron chi connectivity index (χ3n) is 2.76. The molecule has 0 atom stereocenters. The van der Waals surface area contributed by atoms with Gasteiger partial charge in [0.2, 0.25) is 0 Å². The molecule has 0 aliphatic rings. The van der Waals surface area contributed by atoms with Gasteiger partial charge in [0, 0.05) is 19.2 Å². The maximum absolute atomic E-state index is 5.77. The molecule has 5 heteroatoms. The minimum absolute atomic E-state index is 0.546. The van der Waals surface area contributed by atoms with Crippen molar-refractivity contribution in [2.45, 2.75) is 26.3 Å². The second kappa shape index (κ2) is 7.43. The number of ether oxygens (including phenoxy) is 2. The number of hydrogen-bond acceptors (Lipinski definition) is 4. The molecule has 5 nitrogen and oxygen atoms in total. The van der Waals surface area contributed by atoms with Crippen molar-refractivity contribution in [3.05, 3.63) is 36.5 Å². The van der Waals surface area contributed by atoms with Gasteiger partial charge in [-0.2, -0.15) is 5.10 Å². The maximum Gasteiger partial charge on any atom is 0.161 e. The Bertz CT molecular complexity index is 525. The molecule has 0 amide bonds. The van der Waals surface area contributed by atoms with E-state index in [4.69, 9.17) is 15.2 Å². The van der Waals surface area contributed by atoms with Crippen LogP contribution >= 0.6 is 0 Å². The third kappa shape index (κ3) is 4.19. The summed E-state index contributed by atoms with van der Waals surface area (Å²) in [5, 5.41) is 4.13. The molecule has 0 saturated heterocycles. The zero-order chi connectivity index (χ0) is 14.2. The average Bonchev–Trinajstić information content (AvgIpc) is 2.88. The van der Waals surface area contributed by atoms with Crippen LogP contribution < -0.4 is 15.2 Å². The Balaban J connectivity index is 1.78. The molecule has 0 radical (unpaired) electrons. The van der Waals surface area contributed by atoms with E-state index >= 15 is 0 Å². The molecule has 0 fully saturated rings. The Morgan fingerprint density at radius 3 is 2.40 bits per heavy atom. The van der Waals surface area contributed by atoms with Crippen molar-refractivity contribution in [2.24, 2.45) is 0 Å². The van der Waals surface area contributed by atoms with Crippen molar-refractivity contribution in [2.75, 3.05) is 18.9 Å². The molecular weight excluding hydrogens is 254 g/mol. The van der Waals surface area contributed by atoms with Gasteiger partial charge in [0.15, 0.2) is 11.5 Å². The quantitative estimate of drug-likeness (QED) is 0.752. The number of aromatic nitrogens is 2. The maximum atomic E-state index is 5.77. The molecule has 20 heavy (non-hydrogen) atoms. The van der Waals surface area contributed by atoms with Gasteiger partial charge in [0.25, 0.3) is 0 Å². The van der Waals surface area contributed by atoms with E-state index in [2.05, 4.69) is 12.0 Å². The zero-order valence-corrected chi connectivity index (χ0v) is 11.8. The highest BCUT2D eigenvalue weighted by atomic mass is 16.5. The largest absolute Gasteiger partial charge is 0.490 e. The second-order valence-corrected chi connectivity index (χ2v) is 4.50. The van der Waals surface area contributed by atoms with Crippen LogP contribution in [0.5, 0.6) is 11.5 Å². The number of rotatable bonds is 8. The van der Waals surface area contributed by atoms with Gasteiger partial charge in [-0.1, -0.05) is 19.1 Å². The van der Waals surface area contributed by atoms with E-state index in [9.17, 15) is 0 Å². The number of hydrogen-bond donors (Lipinski definition) is 1. The van der Waals surface area contributed by atoms with Crippen molar-refractivity contribution >= 4 is 5.82 Å². The summed E-state index contributed by atoms with van der Waals surface area (Å²) in [5.41, 5.74) is 5.56. The van der Waals surface area contributed by atoms with Crippen LogP contribution in [-0.4, -0.2) is 23.0 Å². The summed E-state index contributed by atoms with van der Waals surface area (Å²) < 4.78 is 13.2. The zero-order valence-electron chi connectivity index (χ0n) is 11.8.